The Hall–Kier alpha value is -0.570. The van der Waals surface area contributed by atoms with Crippen LogP contribution < -0.4 is 0 Å². The maximum atomic E-state index is 6.04. The Kier molecular flexibility index (Phi) is 3.06. The van der Waals surface area contributed by atoms with Crippen LogP contribution >= 0.6 is 11.6 Å². The van der Waals surface area contributed by atoms with Gasteiger partial charge < -0.3 is 9.47 Å². The molecular formula is C11H13ClO2. The average Bonchev–Trinajstić information content (AvgIpc) is 2.98. The van der Waals surface area contributed by atoms with Gasteiger partial charge in [-0.15, -0.1) is 0 Å². The Labute approximate surface area is 88.8 Å². The molecule has 2 nitrogen and oxygen atoms in total. The lowest BCUT2D eigenvalue weighted by molar-refractivity contribution is 0.0540. The first-order valence-electron chi connectivity index (χ1n) is 4.75. The Morgan fingerprint density at radius 1 is 1.57 bits per heavy atom. The van der Waals surface area contributed by atoms with Crippen molar-refractivity contribution in [3.05, 3.63) is 34.9 Å². The van der Waals surface area contributed by atoms with Crippen molar-refractivity contribution in [2.24, 2.45) is 0 Å². The second-order valence-corrected chi connectivity index (χ2v) is 3.86. The van der Waals surface area contributed by atoms with E-state index < -0.39 is 0 Å². The minimum atomic E-state index is 0.0351. The van der Waals surface area contributed by atoms with Crippen molar-refractivity contribution < 1.29 is 9.47 Å². The quantitative estimate of drug-likeness (QED) is 0.716. The molecule has 1 saturated heterocycles. The van der Waals surface area contributed by atoms with Gasteiger partial charge in [0, 0.05) is 5.02 Å². The lowest BCUT2D eigenvalue weighted by Gasteiger charge is -2.13. The molecule has 3 heteroatoms. The SMILES string of the molecule is C[C@@H](OC[C@H]1CO1)c1ccccc1Cl. The molecule has 0 saturated carbocycles. The highest BCUT2D eigenvalue weighted by atomic mass is 35.5. The highest BCUT2D eigenvalue weighted by Crippen LogP contribution is 2.25. The van der Waals surface area contributed by atoms with E-state index in [-0.39, 0.29) is 6.10 Å². The molecule has 0 amide bonds. The number of ether oxygens (including phenoxy) is 2. The van der Waals surface area contributed by atoms with Crippen molar-refractivity contribution in [1.82, 2.24) is 0 Å². The number of halogens is 1. The second kappa shape index (κ2) is 4.30. The van der Waals surface area contributed by atoms with Crippen LogP contribution in [-0.2, 0) is 9.47 Å². The van der Waals surface area contributed by atoms with Gasteiger partial charge in [0.1, 0.15) is 6.10 Å². The number of hydrogen-bond acceptors (Lipinski definition) is 2. The third-order valence-electron chi connectivity index (χ3n) is 2.28. The summed E-state index contributed by atoms with van der Waals surface area (Å²) in [7, 11) is 0. The molecule has 76 valence electrons. The summed E-state index contributed by atoms with van der Waals surface area (Å²) in [6, 6.07) is 7.75. The van der Waals surface area contributed by atoms with Crippen molar-refractivity contribution in [3.63, 3.8) is 0 Å². The zero-order chi connectivity index (χ0) is 9.97. The van der Waals surface area contributed by atoms with Crippen molar-refractivity contribution in [2.45, 2.75) is 19.1 Å². The van der Waals surface area contributed by atoms with Crippen LogP contribution in [0.3, 0.4) is 0 Å². The maximum Gasteiger partial charge on any atom is 0.104 e. The highest BCUT2D eigenvalue weighted by molar-refractivity contribution is 6.31. The number of epoxide rings is 1. The van der Waals surface area contributed by atoms with Crippen molar-refractivity contribution >= 4 is 11.6 Å². The van der Waals surface area contributed by atoms with Gasteiger partial charge in [-0.1, -0.05) is 29.8 Å². The van der Waals surface area contributed by atoms with Crippen LogP contribution in [0.4, 0.5) is 0 Å². The molecule has 0 aromatic heterocycles. The molecule has 1 aromatic carbocycles. The fourth-order valence-electron chi connectivity index (χ4n) is 1.31. The molecule has 1 fully saturated rings. The molecule has 0 spiro atoms. The lowest BCUT2D eigenvalue weighted by Crippen LogP contribution is -2.06. The topological polar surface area (TPSA) is 21.8 Å². The van der Waals surface area contributed by atoms with E-state index in [1.165, 1.54) is 0 Å². The average molecular weight is 213 g/mol. The minimum Gasteiger partial charge on any atom is -0.371 e. The molecule has 2 rings (SSSR count). The standard InChI is InChI=1S/C11H13ClO2/c1-8(13-6-9-7-14-9)10-4-2-3-5-11(10)12/h2-5,8-9H,6-7H2,1H3/t8-,9+/m1/s1. The molecule has 1 aliphatic rings. The molecule has 1 aromatic rings. The van der Waals surface area contributed by atoms with Gasteiger partial charge in [-0.05, 0) is 18.6 Å². The van der Waals surface area contributed by atoms with Crippen LogP contribution in [0.25, 0.3) is 0 Å². The molecule has 0 N–H and O–H groups in total. The molecular weight excluding hydrogens is 200 g/mol. The van der Waals surface area contributed by atoms with Crippen LogP contribution in [0.5, 0.6) is 0 Å². The molecule has 0 unspecified atom stereocenters. The zero-order valence-electron chi connectivity index (χ0n) is 8.07. The predicted molar refractivity (Wildman–Crippen MR) is 55.6 cm³/mol. The smallest absolute Gasteiger partial charge is 0.104 e. The molecule has 0 bridgehead atoms. The van der Waals surface area contributed by atoms with Gasteiger partial charge in [0.05, 0.1) is 19.3 Å². The number of hydrogen-bond donors (Lipinski definition) is 0. The van der Waals surface area contributed by atoms with Gasteiger partial charge in [-0.2, -0.15) is 0 Å². The first-order valence-corrected chi connectivity index (χ1v) is 5.13. The van der Waals surface area contributed by atoms with Gasteiger partial charge >= 0.3 is 0 Å². The molecule has 0 aliphatic carbocycles. The zero-order valence-corrected chi connectivity index (χ0v) is 8.83. The Morgan fingerprint density at radius 3 is 2.93 bits per heavy atom. The summed E-state index contributed by atoms with van der Waals surface area (Å²) in [5, 5.41) is 0.761. The minimum absolute atomic E-state index is 0.0351. The van der Waals surface area contributed by atoms with Gasteiger partial charge in [-0.3, -0.25) is 0 Å². The van der Waals surface area contributed by atoms with Gasteiger partial charge in [0.2, 0.25) is 0 Å². The maximum absolute atomic E-state index is 6.04. The van der Waals surface area contributed by atoms with Crippen molar-refractivity contribution in [2.75, 3.05) is 13.2 Å². The van der Waals surface area contributed by atoms with E-state index >= 15 is 0 Å². The first kappa shape index (κ1) is 9.97. The van der Waals surface area contributed by atoms with E-state index in [2.05, 4.69) is 0 Å². The van der Waals surface area contributed by atoms with Crippen LogP contribution in [0.2, 0.25) is 5.02 Å². The van der Waals surface area contributed by atoms with Gasteiger partial charge in [-0.25, -0.2) is 0 Å². The van der Waals surface area contributed by atoms with Gasteiger partial charge in [0.25, 0.3) is 0 Å². The van der Waals surface area contributed by atoms with E-state index in [0.717, 1.165) is 17.2 Å². The Bertz CT molecular complexity index is 310. The van der Waals surface area contributed by atoms with Gasteiger partial charge in [0.15, 0.2) is 0 Å². The summed E-state index contributed by atoms with van der Waals surface area (Å²) in [5.41, 5.74) is 1.04. The fourth-order valence-corrected chi connectivity index (χ4v) is 1.60. The van der Waals surface area contributed by atoms with E-state index in [4.69, 9.17) is 21.1 Å². The fraction of sp³-hybridized carbons (Fsp3) is 0.455. The van der Waals surface area contributed by atoms with Crippen LogP contribution in [0.1, 0.15) is 18.6 Å². The highest BCUT2D eigenvalue weighted by Gasteiger charge is 2.23. The monoisotopic (exact) mass is 212 g/mol. The van der Waals surface area contributed by atoms with Crippen LogP contribution in [-0.4, -0.2) is 19.3 Å². The first-order chi connectivity index (χ1) is 6.77. The van der Waals surface area contributed by atoms with E-state index in [9.17, 15) is 0 Å². The summed E-state index contributed by atoms with van der Waals surface area (Å²) < 4.78 is 10.7. The van der Waals surface area contributed by atoms with E-state index in [1.54, 1.807) is 0 Å². The lowest BCUT2D eigenvalue weighted by atomic mass is 10.1. The number of rotatable bonds is 4. The third-order valence-corrected chi connectivity index (χ3v) is 2.62. The van der Waals surface area contributed by atoms with Crippen LogP contribution in [0.15, 0.2) is 24.3 Å². The molecule has 2 atom stereocenters. The predicted octanol–water partition coefficient (Wildman–Crippen LogP) is 2.82. The van der Waals surface area contributed by atoms with E-state index in [1.807, 2.05) is 31.2 Å². The van der Waals surface area contributed by atoms with Crippen molar-refractivity contribution in [1.29, 1.82) is 0 Å². The van der Waals surface area contributed by atoms with Crippen LogP contribution in [0, 0.1) is 0 Å². The number of benzene rings is 1. The van der Waals surface area contributed by atoms with Crippen molar-refractivity contribution in [3.8, 4) is 0 Å². The summed E-state index contributed by atoms with van der Waals surface area (Å²) >= 11 is 6.04. The summed E-state index contributed by atoms with van der Waals surface area (Å²) in [4.78, 5) is 0. The Balaban J connectivity index is 1.95. The molecule has 0 radical (unpaired) electrons. The largest absolute Gasteiger partial charge is 0.371 e. The molecule has 1 heterocycles. The Morgan fingerprint density at radius 2 is 2.29 bits per heavy atom. The molecule has 1 aliphatic heterocycles. The summed E-state index contributed by atoms with van der Waals surface area (Å²) in [6.45, 7) is 3.49. The summed E-state index contributed by atoms with van der Waals surface area (Å²) in [6.07, 6.45) is 0.341. The normalized spacial score (nSPS) is 22.0. The summed E-state index contributed by atoms with van der Waals surface area (Å²) in [5.74, 6) is 0. The second-order valence-electron chi connectivity index (χ2n) is 3.45. The third kappa shape index (κ3) is 2.47. The molecule has 14 heavy (non-hydrogen) atoms. The van der Waals surface area contributed by atoms with E-state index in [0.29, 0.717) is 12.7 Å².